The van der Waals surface area contributed by atoms with Crippen LogP contribution in [0.5, 0.6) is 5.75 Å². The van der Waals surface area contributed by atoms with Crippen LogP contribution in [0.3, 0.4) is 0 Å². The van der Waals surface area contributed by atoms with Crippen LogP contribution >= 0.6 is 0 Å². The first-order chi connectivity index (χ1) is 8.01. The second kappa shape index (κ2) is 6.32. The van der Waals surface area contributed by atoms with Crippen molar-refractivity contribution in [2.45, 2.75) is 12.6 Å². The Labute approximate surface area is 96.6 Å². The normalized spacial score (nSPS) is 11.3. The van der Waals surface area contributed by atoms with E-state index in [2.05, 4.69) is 5.32 Å². The largest absolute Gasteiger partial charge is 0.493 e. The van der Waals surface area contributed by atoms with Gasteiger partial charge in [0.2, 0.25) is 0 Å². The fraction of sp³-hybridized carbons (Fsp3) is 0.455. The number of ether oxygens (including phenoxy) is 1. The first-order valence-corrected chi connectivity index (χ1v) is 5.11. The van der Waals surface area contributed by atoms with Crippen molar-refractivity contribution in [3.05, 3.63) is 24.3 Å². The summed E-state index contributed by atoms with van der Waals surface area (Å²) in [4.78, 5) is 0. The summed E-state index contributed by atoms with van der Waals surface area (Å²) in [5, 5.41) is 2.24. The number of rotatable bonds is 6. The number of benzene rings is 1. The highest BCUT2D eigenvalue weighted by Gasteiger charge is 2.26. The molecule has 0 bridgehead atoms. The van der Waals surface area contributed by atoms with Gasteiger partial charge < -0.3 is 10.1 Å². The molecule has 1 N–H and O–H groups in total. The van der Waals surface area contributed by atoms with Gasteiger partial charge in [-0.25, -0.2) is 0 Å². The van der Waals surface area contributed by atoms with Crippen LogP contribution in [0.2, 0.25) is 0 Å². The third-order valence-corrected chi connectivity index (χ3v) is 1.89. The molecule has 17 heavy (non-hydrogen) atoms. The number of anilines is 1. The minimum atomic E-state index is -4.24. The highest BCUT2D eigenvalue weighted by molar-refractivity contribution is 5.46. The molecule has 1 aromatic carbocycles. The number of halogens is 4. The van der Waals surface area contributed by atoms with Crippen molar-refractivity contribution in [3.63, 3.8) is 0 Å². The molecule has 0 aliphatic rings. The molecule has 0 amide bonds. The van der Waals surface area contributed by atoms with Gasteiger partial charge in [-0.2, -0.15) is 13.2 Å². The molecule has 6 heteroatoms. The lowest BCUT2D eigenvalue weighted by molar-refractivity contribution is -0.115. The molecule has 0 heterocycles. The highest BCUT2D eigenvalue weighted by Crippen LogP contribution is 2.19. The zero-order chi connectivity index (χ0) is 12.7. The van der Waals surface area contributed by atoms with E-state index in [-0.39, 0.29) is 6.61 Å². The van der Waals surface area contributed by atoms with Gasteiger partial charge in [-0.3, -0.25) is 4.39 Å². The molecule has 0 unspecified atom stereocenters. The van der Waals surface area contributed by atoms with Crippen LogP contribution in [0.1, 0.15) is 6.42 Å². The molecule has 0 spiro atoms. The number of nitrogens with one attached hydrogen (secondary N) is 1. The van der Waals surface area contributed by atoms with E-state index >= 15 is 0 Å². The second-order valence-corrected chi connectivity index (χ2v) is 3.38. The lowest BCUT2D eigenvalue weighted by Crippen LogP contribution is -2.21. The minimum Gasteiger partial charge on any atom is -0.493 e. The van der Waals surface area contributed by atoms with E-state index in [0.29, 0.717) is 17.9 Å². The Kier molecular flexibility index (Phi) is 5.06. The van der Waals surface area contributed by atoms with Crippen LogP contribution in [-0.4, -0.2) is 26.0 Å². The monoisotopic (exact) mass is 251 g/mol. The van der Waals surface area contributed by atoms with Crippen molar-refractivity contribution in [2.75, 3.05) is 25.1 Å². The summed E-state index contributed by atoms with van der Waals surface area (Å²) in [6, 6.07) is 6.04. The summed E-state index contributed by atoms with van der Waals surface area (Å²) in [6.07, 6.45) is -3.94. The molecule has 0 atom stereocenters. The maximum absolute atomic E-state index is 11.9. The summed E-state index contributed by atoms with van der Waals surface area (Å²) in [5.41, 5.74) is 0.361. The van der Waals surface area contributed by atoms with E-state index in [1.807, 2.05) is 0 Å². The Bertz CT molecular complexity index is 323. The van der Waals surface area contributed by atoms with Gasteiger partial charge in [0.05, 0.1) is 13.3 Å². The quantitative estimate of drug-likeness (QED) is 0.618. The van der Waals surface area contributed by atoms with Crippen LogP contribution < -0.4 is 10.1 Å². The van der Waals surface area contributed by atoms with E-state index < -0.39 is 19.4 Å². The fourth-order valence-electron chi connectivity index (χ4n) is 1.12. The van der Waals surface area contributed by atoms with Crippen LogP contribution in [-0.2, 0) is 0 Å². The van der Waals surface area contributed by atoms with E-state index in [1.54, 1.807) is 0 Å². The molecule has 0 saturated heterocycles. The topological polar surface area (TPSA) is 21.3 Å². The van der Waals surface area contributed by atoms with E-state index in [0.717, 1.165) is 0 Å². The lowest BCUT2D eigenvalue weighted by atomic mass is 10.3. The maximum atomic E-state index is 11.9. The van der Waals surface area contributed by atoms with Gasteiger partial charge in [0.25, 0.3) is 0 Å². The molecule has 1 rings (SSSR count). The first kappa shape index (κ1) is 13.6. The van der Waals surface area contributed by atoms with Crippen molar-refractivity contribution >= 4 is 5.69 Å². The Balaban J connectivity index is 2.39. The molecular weight excluding hydrogens is 238 g/mol. The summed E-state index contributed by atoms with van der Waals surface area (Å²) >= 11 is 0. The van der Waals surface area contributed by atoms with Gasteiger partial charge >= 0.3 is 6.18 Å². The van der Waals surface area contributed by atoms with Crippen LogP contribution in [0.25, 0.3) is 0 Å². The summed E-state index contributed by atoms with van der Waals surface area (Å²) in [5.74, 6) is 0.510. The molecule has 0 fully saturated rings. The zero-order valence-electron chi connectivity index (χ0n) is 9.06. The standard InChI is InChI=1S/C11H13F4NO/c12-6-1-7-17-10-4-2-9(3-5-10)16-8-11(13,14)15/h2-5,16H,1,6-8H2. The zero-order valence-corrected chi connectivity index (χ0v) is 9.06. The summed E-state index contributed by atoms with van der Waals surface area (Å²) < 4.78 is 52.6. The van der Waals surface area contributed by atoms with Crippen molar-refractivity contribution < 1.29 is 22.3 Å². The molecule has 0 aromatic heterocycles. The average Bonchev–Trinajstić information content (AvgIpc) is 2.27. The minimum absolute atomic E-state index is 0.256. The predicted molar refractivity (Wildman–Crippen MR) is 57.1 cm³/mol. The molecule has 1 aromatic rings. The fourth-order valence-corrected chi connectivity index (χ4v) is 1.12. The van der Waals surface area contributed by atoms with Gasteiger partial charge in [0.1, 0.15) is 12.3 Å². The van der Waals surface area contributed by atoms with Crippen LogP contribution in [0.15, 0.2) is 24.3 Å². The van der Waals surface area contributed by atoms with Gasteiger partial charge in [0, 0.05) is 12.1 Å². The number of hydrogen-bond acceptors (Lipinski definition) is 2. The number of alkyl halides is 4. The molecule has 2 nitrogen and oxygen atoms in total. The Morgan fingerprint density at radius 2 is 1.76 bits per heavy atom. The van der Waals surface area contributed by atoms with Crippen molar-refractivity contribution in [3.8, 4) is 5.75 Å². The second-order valence-electron chi connectivity index (χ2n) is 3.38. The summed E-state index contributed by atoms with van der Waals surface area (Å²) in [7, 11) is 0. The third kappa shape index (κ3) is 5.99. The smallest absolute Gasteiger partial charge is 0.405 e. The third-order valence-electron chi connectivity index (χ3n) is 1.89. The van der Waals surface area contributed by atoms with Gasteiger partial charge in [-0.1, -0.05) is 0 Å². The SMILES string of the molecule is FCCCOc1ccc(NCC(F)(F)F)cc1. The van der Waals surface area contributed by atoms with Gasteiger partial charge in [0.15, 0.2) is 0 Å². The van der Waals surface area contributed by atoms with Crippen LogP contribution in [0, 0.1) is 0 Å². The highest BCUT2D eigenvalue weighted by atomic mass is 19.4. The van der Waals surface area contributed by atoms with E-state index in [4.69, 9.17) is 4.74 Å². The predicted octanol–water partition coefficient (Wildman–Crippen LogP) is 3.40. The molecular formula is C11H13F4NO. The van der Waals surface area contributed by atoms with Crippen molar-refractivity contribution in [1.82, 2.24) is 0 Å². The maximum Gasteiger partial charge on any atom is 0.405 e. The Hall–Kier alpha value is -1.46. The average molecular weight is 251 g/mol. The first-order valence-electron chi connectivity index (χ1n) is 5.11. The molecule has 0 saturated carbocycles. The Morgan fingerprint density at radius 1 is 1.12 bits per heavy atom. The summed E-state index contributed by atoms with van der Waals surface area (Å²) in [6.45, 7) is -1.27. The van der Waals surface area contributed by atoms with Gasteiger partial charge in [-0.05, 0) is 24.3 Å². The van der Waals surface area contributed by atoms with E-state index in [9.17, 15) is 17.6 Å². The van der Waals surface area contributed by atoms with Crippen molar-refractivity contribution in [2.24, 2.45) is 0 Å². The van der Waals surface area contributed by atoms with Crippen molar-refractivity contribution in [1.29, 1.82) is 0 Å². The Morgan fingerprint density at radius 3 is 2.29 bits per heavy atom. The molecule has 96 valence electrons. The van der Waals surface area contributed by atoms with E-state index in [1.165, 1.54) is 24.3 Å². The lowest BCUT2D eigenvalue weighted by Gasteiger charge is -2.10. The van der Waals surface area contributed by atoms with Gasteiger partial charge in [-0.15, -0.1) is 0 Å². The number of hydrogen-bond donors (Lipinski definition) is 1. The molecule has 0 aliphatic heterocycles. The molecule has 0 aliphatic carbocycles. The molecule has 0 radical (unpaired) electrons. The van der Waals surface area contributed by atoms with Crippen LogP contribution in [0.4, 0.5) is 23.2 Å².